The average molecular weight is 1900 g/mol. The van der Waals surface area contributed by atoms with Gasteiger partial charge in [-0.25, -0.2) is 0 Å². The molecule has 11 fully saturated rings. The van der Waals surface area contributed by atoms with Gasteiger partial charge in [0.1, 0.15) is 84.1 Å². The first-order valence-corrected chi connectivity index (χ1v) is 49.6. The summed E-state index contributed by atoms with van der Waals surface area (Å²) < 4.78 is 128. The largest absolute Gasteiger partial charge is 0.462 e. The number of methoxy groups -OCH3 is 4. The number of fused-ring (bicyclic) bond motifs is 4. The maximum atomic E-state index is 14.4. The van der Waals surface area contributed by atoms with Crippen molar-refractivity contribution in [3.05, 3.63) is 94.2 Å². The highest BCUT2D eigenvalue weighted by Gasteiger charge is 2.63. The molecule has 4 bridgehead atoms. The number of nitrogen functional groups attached to an aromatic ring is 2. The lowest BCUT2D eigenvalue weighted by Crippen LogP contribution is -2.58. The molecular formula is C101H156N6O28. The summed E-state index contributed by atoms with van der Waals surface area (Å²) in [4.78, 5) is 40.1. The van der Waals surface area contributed by atoms with Crippen molar-refractivity contribution >= 4 is 29.8 Å². The number of carbonyl (C=O) groups is 2. The minimum Gasteiger partial charge on any atom is -0.462 e. The Bertz CT molecular complexity index is 4390. The highest BCUT2D eigenvalue weighted by molar-refractivity contribution is 5.79. The Labute approximate surface area is 796 Å². The number of allylic oxidation sites excluding steroid dienone is 4. The summed E-state index contributed by atoms with van der Waals surface area (Å²) in [5.74, 6) is -3.46. The molecule has 39 atom stereocenters. The summed E-state index contributed by atoms with van der Waals surface area (Å²) in [6, 6.07) is 0.492. The van der Waals surface area contributed by atoms with E-state index in [2.05, 4.69) is 102 Å². The van der Waals surface area contributed by atoms with Crippen molar-refractivity contribution < 1.29 is 135 Å². The van der Waals surface area contributed by atoms with Gasteiger partial charge < -0.3 is 142 Å². The Kier molecular flexibility index (Phi) is 34.9. The number of nitrogens with two attached hydrogens (primary N) is 2. The van der Waals surface area contributed by atoms with Gasteiger partial charge >= 0.3 is 11.9 Å². The molecule has 16 rings (SSSR count). The number of carbonyl (C=O) groups excluding carboxylic acids is 2. The van der Waals surface area contributed by atoms with Crippen molar-refractivity contribution in [1.29, 1.82) is 0 Å². The van der Waals surface area contributed by atoms with Gasteiger partial charge in [0, 0.05) is 111 Å². The van der Waals surface area contributed by atoms with Crippen LogP contribution >= 0.6 is 0 Å². The molecule has 15 aliphatic rings. The number of ether oxygens (including phenoxy) is 20. The van der Waals surface area contributed by atoms with Crippen LogP contribution < -0.4 is 16.8 Å². The van der Waals surface area contributed by atoms with Crippen molar-refractivity contribution in [2.45, 2.75) is 420 Å². The van der Waals surface area contributed by atoms with Crippen LogP contribution in [0.25, 0.3) is 0 Å². The second-order valence-electron chi connectivity index (χ2n) is 41.4. The summed E-state index contributed by atoms with van der Waals surface area (Å²) in [6.07, 6.45) is 14.4. The standard InChI is InChI=1S/C48H74O14.C47H72O14.C6H10N6/c1-11-25(2)43-28(5)17-18-47(62-43)23-34-20-33(61-47)16-15-27(4)42(26(3)13-12-14-32-24-55-45-40(49)29(6)19-35(46(51)58-34)48(32,45)52)59-39-22-37(54-10)44(31(8)57-39)60-38-21-36(53-9)41(50)30(7)56-38;1-24(2)41-27(5)16-17-46(61-41)22-33-19-32(60-46)15-14-26(4)42(25(3)12-11-13-31-23-54-44-39(48)28(6)18-34(45(50)57-33)47(31,44)51)58-38-21-36(53-10)43(30(8)56-38)59-37-20-35(52-9)40(49)29(7)55-37;7-4-10-5(8)12-6(11-4)9-3-1-2-3/h12-15,19,25-26,28,30-31,33-45,49-50,52H,11,16-18,20-24H2,1-10H3;11-14,18,24-25,27,29-30,32-44,48-49,51H,15-17,19-23H2,1-10H3;3H,1-2H2,(H5,7,8,9,10,11,12)/b13-12+,27-15+,32-14+;12-11+,26-14+,31-13+;/t25-,26-,28-,30-,31-,33+,34-,35-,36-,37-,38-,39-,40+,41-,42-,43+,44-,45+,47+,48+;25-,27-,29-,30-,32+,33-,34-,35-,36-,37-,38-,39+,40-,41+,42-,43-,44+,46+,47+;/m00./s1. The quantitative estimate of drug-likeness (QED) is 0.0517. The molecule has 1 aromatic rings. The van der Waals surface area contributed by atoms with E-state index < -0.39 is 182 Å². The zero-order valence-corrected chi connectivity index (χ0v) is 82.7. The van der Waals surface area contributed by atoms with E-state index in [-0.39, 0.29) is 79.5 Å². The van der Waals surface area contributed by atoms with Gasteiger partial charge in [0.25, 0.3) is 0 Å². The molecule has 0 aromatic carbocycles. The van der Waals surface area contributed by atoms with Crippen LogP contribution in [0.3, 0.4) is 0 Å². The molecule has 13 heterocycles. The number of aromatic nitrogens is 3. The molecule has 1 aromatic heterocycles. The zero-order valence-electron chi connectivity index (χ0n) is 82.7. The van der Waals surface area contributed by atoms with E-state index >= 15 is 0 Å². The molecule has 758 valence electrons. The van der Waals surface area contributed by atoms with E-state index in [1.165, 1.54) is 0 Å². The van der Waals surface area contributed by atoms with E-state index in [0.717, 1.165) is 43.3 Å². The molecule has 34 heteroatoms. The van der Waals surface area contributed by atoms with Crippen LogP contribution in [0, 0.1) is 47.3 Å². The Hall–Kier alpha value is -5.69. The second-order valence-corrected chi connectivity index (χ2v) is 41.4. The van der Waals surface area contributed by atoms with Crippen LogP contribution in [0.2, 0.25) is 0 Å². The Balaban J connectivity index is 0.000000192. The molecule has 135 heavy (non-hydrogen) atoms. The molecule has 0 unspecified atom stereocenters. The Morgan fingerprint density at radius 1 is 0.496 bits per heavy atom. The third-order valence-corrected chi connectivity index (χ3v) is 30.9. The highest BCUT2D eigenvalue weighted by Crippen LogP contribution is 2.52. The maximum Gasteiger partial charge on any atom is 0.316 e. The summed E-state index contributed by atoms with van der Waals surface area (Å²) in [5.41, 5.74) is 11.1. The van der Waals surface area contributed by atoms with Crippen LogP contribution in [-0.4, -0.2) is 300 Å². The van der Waals surface area contributed by atoms with Gasteiger partial charge in [-0.2, -0.15) is 15.0 Å². The monoisotopic (exact) mass is 1900 g/mol. The van der Waals surface area contributed by atoms with Crippen molar-refractivity contribution in [2.24, 2.45) is 47.3 Å². The third-order valence-electron chi connectivity index (χ3n) is 30.9. The van der Waals surface area contributed by atoms with Gasteiger partial charge in [-0.05, 0) is 151 Å². The van der Waals surface area contributed by atoms with Gasteiger partial charge in [0.2, 0.25) is 17.8 Å². The predicted molar refractivity (Wildman–Crippen MR) is 495 cm³/mol. The van der Waals surface area contributed by atoms with Crippen LogP contribution in [0.15, 0.2) is 94.2 Å². The van der Waals surface area contributed by atoms with Crippen LogP contribution in [0.1, 0.15) is 220 Å². The lowest BCUT2D eigenvalue weighted by atomic mass is 9.71. The Morgan fingerprint density at radius 2 is 0.889 bits per heavy atom. The SMILES string of the molecule is CC[C@H](C)[C@H]1O[C@]2(CC[C@@H]1C)C[C@@H]1C[C@@H](C/C=C(\C)[C@@H](O[C@H]3C[C@H](OC)[C@@H](O[C@H]4C[C@H](OC)[C@@H](O)[C@H](C)O4)[C@H](C)O3)[C@@H](C)/C=C/C=C3\CO[C@@H]4[C@H](O)C(C)=C[C@@H](C(=O)O1)[C@]34O)O2.CO[C@H]1C[C@H](O[C@H]2[C@H](C)O[C@@H](O[C@@H]3/C(C)=C/C[C@@H]4C[C@@H](C[C@]5(CC[C@H](C)[C@@H](C(C)C)O5)O4)OC(=O)[C@@H]4C=C(C)[C@@H](O)[C@H]5OC/C(=C\C=C\[C@@H]3C)[C@]54O)C[C@@H]2OC)O[C@@H](C)[C@@H]1O.Nc1nc(N)nc(NC2CC2)n1. The van der Waals surface area contributed by atoms with E-state index in [4.69, 9.17) is 106 Å². The van der Waals surface area contributed by atoms with Gasteiger partial charge in [-0.15, -0.1) is 0 Å². The first kappa shape index (κ1) is 105. The summed E-state index contributed by atoms with van der Waals surface area (Å²) in [7, 11) is 6.45. The predicted octanol–water partition coefficient (Wildman–Crippen LogP) is 10.4. The maximum absolute atomic E-state index is 14.4. The van der Waals surface area contributed by atoms with E-state index in [0.29, 0.717) is 129 Å². The molecule has 10 saturated heterocycles. The van der Waals surface area contributed by atoms with Crippen LogP contribution in [-0.2, 0) is 104 Å². The van der Waals surface area contributed by atoms with E-state index in [9.17, 15) is 40.2 Å². The number of nitrogens with one attached hydrogen (secondary N) is 1. The minimum atomic E-state index is -1.82. The van der Waals surface area contributed by atoms with Gasteiger partial charge in [-0.1, -0.05) is 123 Å². The van der Waals surface area contributed by atoms with Crippen molar-refractivity contribution in [1.82, 2.24) is 15.0 Å². The van der Waals surface area contributed by atoms with Gasteiger partial charge in [0.15, 0.2) is 36.7 Å². The fourth-order valence-corrected chi connectivity index (χ4v) is 22.7. The summed E-state index contributed by atoms with van der Waals surface area (Å²) >= 11 is 0. The number of rotatable bonds is 17. The number of hydrogen-bond donors (Lipinski definition) is 9. The first-order valence-electron chi connectivity index (χ1n) is 49.6. The number of aliphatic hydroxyl groups is 6. The molecule has 12 aliphatic heterocycles. The van der Waals surface area contributed by atoms with Crippen LogP contribution in [0.5, 0.6) is 0 Å². The summed E-state index contributed by atoms with van der Waals surface area (Å²) in [6.45, 7) is 32.5. The third kappa shape index (κ3) is 23.8. The Morgan fingerprint density at radius 3 is 1.29 bits per heavy atom. The van der Waals surface area contributed by atoms with Crippen molar-refractivity contribution in [2.75, 3.05) is 58.4 Å². The van der Waals surface area contributed by atoms with E-state index in [1.807, 2.05) is 38.2 Å². The highest BCUT2D eigenvalue weighted by atomic mass is 16.8. The molecule has 1 saturated carbocycles. The number of aliphatic hydroxyl groups excluding tert-OH is 4. The molecular weight excluding hydrogens is 1750 g/mol. The summed E-state index contributed by atoms with van der Waals surface area (Å²) in [5, 5.41) is 71.5. The van der Waals surface area contributed by atoms with Crippen molar-refractivity contribution in [3.8, 4) is 0 Å². The molecule has 3 aliphatic carbocycles. The van der Waals surface area contributed by atoms with Crippen molar-refractivity contribution in [3.63, 3.8) is 0 Å². The molecule has 0 radical (unpaired) electrons. The molecule has 34 nitrogen and oxygen atoms in total. The molecule has 2 spiro atoms. The normalized spacial score (nSPS) is 46.5. The fraction of sp³-hybridized carbons (Fsp3) is 0.792. The molecule has 11 N–H and O–H groups in total. The topological polar surface area (TPSA) is 443 Å². The number of anilines is 3. The van der Waals surface area contributed by atoms with Crippen LogP contribution in [0.4, 0.5) is 17.8 Å². The minimum absolute atomic E-state index is 0.00708. The first-order chi connectivity index (χ1) is 64.2. The zero-order chi connectivity index (χ0) is 97.2. The lowest BCUT2D eigenvalue weighted by molar-refractivity contribution is -0.341. The smallest absolute Gasteiger partial charge is 0.316 e. The lowest BCUT2D eigenvalue weighted by Gasteiger charge is -2.51. The fourth-order valence-electron chi connectivity index (χ4n) is 22.7. The average Bonchev–Trinajstić information content (AvgIpc) is 1.62. The number of hydrogen-bond acceptors (Lipinski definition) is 34. The number of nitrogens with zero attached hydrogens (tertiary/aromatic N) is 3. The number of esters is 2. The van der Waals surface area contributed by atoms with Gasteiger partial charge in [0.05, 0.1) is 98.7 Å². The second kappa shape index (κ2) is 44.9. The molecule has 0 amide bonds. The van der Waals surface area contributed by atoms with Gasteiger partial charge in [-0.3, -0.25) is 9.59 Å². The van der Waals surface area contributed by atoms with E-state index in [1.54, 1.807) is 80.4 Å².